The molecule has 0 aliphatic carbocycles. The summed E-state index contributed by atoms with van der Waals surface area (Å²) in [6.45, 7) is 5.45. The van der Waals surface area contributed by atoms with Crippen molar-refractivity contribution in [3.63, 3.8) is 0 Å². The maximum atomic E-state index is 14.0. The van der Waals surface area contributed by atoms with Crippen LogP contribution in [0, 0.1) is 5.82 Å². The Balaban J connectivity index is 1.37. The van der Waals surface area contributed by atoms with E-state index < -0.39 is 5.97 Å². The predicted octanol–water partition coefficient (Wildman–Crippen LogP) is 4.40. The van der Waals surface area contributed by atoms with Crippen LogP contribution in [-0.2, 0) is 9.53 Å². The number of amides is 1. The monoisotopic (exact) mass is 516 g/mol. The first-order chi connectivity index (χ1) is 16.0. The number of hydrogen-bond donors (Lipinski definition) is 2. The fraction of sp³-hybridized carbons (Fsp3) is 0.333. The van der Waals surface area contributed by atoms with Gasteiger partial charge in [0.05, 0.1) is 18.0 Å². The summed E-state index contributed by atoms with van der Waals surface area (Å²) in [7, 11) is 0. The molecule has 0 spiro atoms. The Bertz CT molecular complexity index is 1160. The van der Waals surface area contributed by atoms with E-state index in [0.29, 0.717) is 31.0 Å². The van der Waals surface area contributed by atoms with Crippen LogP contribution in [0.3, 0.4) is 0 Å². The molecule has 0 unspecified atom stereocenters. The van der Waals surface area contributed by atoms with Gasteiger partial charge >= 0.3 is 5.97 Å². The lowest BCUT2D eigenvalue weighted by Gasteiger charge is -2.36. The van der Waals surface area contributed by atoms with Gasteiger partial charge in [-0.3, -0.25) is 9.69 Å². The minimum Gasteiger partial charge on any atom is -0.461 e. The topological polar surface area (TPSA) is 77.7 Å². The SMILES string of the molecule is CCOC(=O)c1[nH]c2ccc(Br)cc2c1NC(=O)CCN1CCN(c2ccccc2F)CC1. The van der Waals surface area contributed by atoms with Gasteiger partial charge in [-0.1, -0.05) is 28.1 Å². The van der Waals surface area contributed by atoms with Crippen molar-refractivity contribution in [2.75, 3.05) is 49.5 Å². The largest absolute Gasteiger partial charge is 0.461 e. The van der Waals surface area contributed by atoms with Crippen molar-refractivity contribution < 1.29 is 18.7 Å². The third kappa shape index (κ3) is 5.36. The van der Waals surface area contributed by atoms with Gasteiger partial charge in [0.2, 0.25) is 5.91 Å². The summed E-state index contributed by atoms with van der Waals surface area (Å²) in [6, 6.07) is 12.3. The molecule has 2 aromatic carbocycles. The number of carbonyl (C=O) groups excluding carboxylic acids is 2. The molecule has 7 nitrogen and oxygen atoms in total. The highest BCUT2D eigenvalue weighted by Crippen LogP contribution is 2.31. The van der Waals surface area contributed by atoms with E-state index in [1.54, 1.807) is 19.1 Å². The van der Waals surface area contributed by atoms with Gasteiger partial charge in [-0.15, -0.1) is 0 Å². The Hall–Kier alpha value is -2.91. The van der Waals surface area contributed by atoms with E-state index in [1.807, 2.05) is 29.2 Å². The third-order valence-electron chi connectivity index (χ3n) is 5.73. The molecule has 2 N–H and O–H groups in total. The van der Waals surface area contributed by atoms with Crippen LogP contribution in [0.25, 0.3) is 10.9 Å². The van der Waals surface area contributed by atoms with Gasteiger partial charge < -0.3 is 19.9 Å². The number of ether oxygens (including phenoxy) is 1. The highest BCUT2D eigenvalue weighted by molar-refractivity contribution is 9.10. The van der Waals surface area contributed by atoms with Crippen LogP contribution in [0.2, 0.25) is 0 Å². The lowest BCUT2D eigenvalue weighted by Crippen LogP contribution is -2.47. The van der Waals surface area contributed by atoms with E-state index in [2.05, 4.69) is 31.1 Å². The number of hydrogen-bond acceptors (Lipinski definition) is 5. The van der Waals surface area contributed by atoms with E-state index in [1.165, 1.54) is 6.07 Å². The predicted molar refractivity (Wildman–Crippen MR) is 130 cm³/mol. The zero-order chi connectivity index (χ0) is 23.4. The zero-order valence-corrected chi connectivity index (χ0v) is 20.0. The first-order valence-corrected chi connectivity index (χ1v) is 11.8. The molecule has 1 amide bonds. The Labute approximate surface area is 200 Å². The van der Waals surface area contributed by atoms with Crippen LogP contribution < -0.4 is 10.2 Å². The Morgan fingerprint density at radius 3 is 2.64 bits per heavy atom. The number of H-pyrrole nitrogens is 1. The Kier molecular flexibility index (Phi) is 7.29. The van der Waals surface area contributed by atoms with Crippen molar-refractivity contribution in [1.29, 1.82) is 0 Å². The molecule has 1 aromatic heterocycles. The van der Waals surface area contributed by atoms with Gasteiger partial charge in [0.1, 0.15) is 11.5 Å². The average Bonchev–Trinajstić information content (AvgIpc) is 3.16. The number of fused-ring (bicyclic) bond motifs is 1. The van der Waals surface area contributed by atoms with E-state index in [0.717, 1.165) is 28.5 Å². The van der Waals surface area contributed by atoms with Crippen molar-refractivity contribution >= 4 is 50.1 Å². The summed E-state index contributed by atoms with van der Waals surface area (Å²) in [4.78, 5) is 32.5. The second-order valence-electron chi connectivity index (χ2n) is 7.86. The molecular weight excluding hydrogens is 491 g/mol. The molecule has 2 heterocycles. The number of para-hydroxylation sites is 1. The molecule has 0 radical (unpaired) electrons. The molecule has 0 saturated carbocycles. The third-order valence-corrected chi connectivity index (χ3v) is 6.22. The molecule has 1 saturated heterocycles. The van der Waals surface area contributed by atoms with Crippen molar-refractivity contribution in [1.82, 2.24) is 9.88 Å². The highest BCUT2D eigenvalue weighted by atomic mass is 79.9. The van der Waals surface area contributed by atoms with Crippen LogP contribution in [0.5, 0.6) is 0 Å². The smallest absolute Gasteiger partial charge is 0.356 e. The van der Waals surface area contributed by atoms with Gasteiger partial charge in [0.15, 0.2) is 0 Å². The van der Waals surface area contributed by atoms with Crippen molar-refractivity contribution in [2.45, 2.75) is 13.3 Å². The first-order valence-electron chi connectivity index (χ1n) is 11.0. The number of benzene rings is 2. The minimum atomic E-state index is -0.510. The van der Waals surface area contributed by atoms with Crippen molar-refractivity contribution in [3.05, 3.63) is 58.4 Å². The summed E-state index contributed by atoms with van der Waals surface area (Å²) >= 11 is 3.44. The van der Waals surface area contributed by atoms with Crippen LogP contribution in [0.1, 0.15) is 23.8 Å². The van der Waals surface area contributed by atoms with Gasteiger partial charge in [0, 0.05) is 54.5 Å². The molecule has 9 heteroatoms. The number of rotatable bonds is 7. The van der Waals surface area contributed by atoms with Crippen molar-refractivity contribution in [3.8, 4) is 0 Å². The number of carbonyl (C=O) groups is 2. The second-order valence-corrected chi connectivity index (χ2v) is 8.78. The van der Waals surface area contributed by atoms with E-state index in [9.17, 15) is 14.0 Å². The molecule has 1 aliphatic heterocycles. The summed E-state index contributed by atoms with van der Waals surface area (Å²) < 4.78 is 20.0. The summed E-state index contributed by atoms with van der Waals surface area (Å²) in [5, 5.41) is 3.64. The van der Waals surface area contributed by atoms with Crippen LogP contribution >= 0.6 is 15.9 Å². The van der Waals surface area contributed by atoms with Gasteiger partial charge in [-0.25, -0.2) is 9.18 Å². The standard InChI is InChI=1S/C24H26BrFN4O3/c1-2-33-24(32)23-22(17-15-16(25)7-8-19(17)27-23)28-21(31)9-10-29-11-13-30(14-12-29)20-6-4-3-5-18(20)26/h3-8,15,27H,2,9-14H2,1H3,(H,28,31). The van der Waals surface area contributed by atoms with Crippen molar-refractivity contribution in [2.24, 2.45) is 0 Å². The van der Waals surface area contributed by atoms with Gasteiger partial charge in [-0.2, -0.15) is 0 Å². The number of anilines is 2. The molecule has 0 atom stereocenters. The number of nitrogens with zero attached hydrogens (tertiary/aromatic N) is 2. The number of halogens is 2. The van der Waals surface area contributed by atoms with Crippen LogP contribution in [0.4, 0.5) is 15.8 Å². The second kappa shape index (κ2) is 10.4. The molecule has 3 aromatic rings. The summed E-state index contributed by atoms with van der Waals surface area (Å²) in [5.41, 5.74) is 2.02. The van der Waals surface area contributed by atoms with Gasteiger partial charge in [-0.05, 0) is 37.3 Å². The lowest BCUT2D eigenvalue weighted by molar-refractivity contribution is -0.116. The average molecular weight is 517 g/mol. The van der Waals surface area contributed by atoms with E-state index in [4.69, 9.17) is 4.74 Å². The molecule has 33 heavy (non-hydrogen) atoms. The molecule has 0 bridgehead atoms. The Morgan fingerprint density at radius 2 is 1.91 bits per heavy atom. The van der Waals surface area contributed by atoms with Crippen LogP contribution in [-0.4, -0.2) is 61.1 Å². The fourth-order valence-electron chi connectivity index (χ4n) is 4.03. The van der Waals surface area contributed by atoms with E-state index >= 15 is 0 Å². The summed E-state index contributed by atoms with van der Waals surface area (Å²) in [5.74, 6) is -0.907. The number of aromatic nitrogens is 1. The number of nitrogens with one attached hydrogen (secondary N) is 2. The molecule has 174 valence electrons. The zero-order valence-electron chi connectivity index (χ0n) is 18.4. The number of aromatic amines is 1. The van der Waals surface area contributed by atoms with Gasteiger partial charge in [0.25, 0.3) is 0 Å². The molecule has 1 aliphatic rings. The molecule has 4 rings (SSSR count). The molecule has 1 fully saturated rings. The number of piperazine rings is 1. The van der Waals surface area contributed by atoms with Crippen LogP contribution in [0.15, 0.2) is 46.9 Å². The molecular formula is C24H26BrFN4O3. The number of esters is 1. The fourth-order valence-corrected chi connectivity index (χ4v) is 4.39. The normalized spacial score (nSPS) is 14.5. The quantitative estimate of drug-likeness (QED) is 0.455. The summed E-state index contributed by atoms with van der Waals surface area (Å²) in [6.07, 6.45) is 0.280. The van der Waals surface area contributed by atoms with E-state index in [-0.39, 0.29) is 30.4 Å². The maximum absolute atomic E-state index is 14.0. The first kappa shape index (κ1) is 23.3. The Morgan fingerprint density at radius 1 is 1.15 bits per heavy atom. The maximum Gasteiger partial charge on any atom is 0.356 e. The lowest BCUT2D eigenvalue weighted by atomic mass is 10.2. The highest BCUT2D eigenvalue weighted by Gasteiger charge is 2.23. The minimum absolute atomic E-state index is 0.182.